The number of aromatic nitrogens is 4. The standard InChI is InChI=1S/C20H17F3N4O2/c1-3-26-9-8-16-17(13-10-24-25(2)11-13)12-27(19(28)18(16)26)14-4-6-15(7-5-14)29-20(21,22)23/h4-12H,3H2,1-2H3. The summed E-state index contributed by atoms with van der Waals surface area (Å²) in [5.74, 6) is -0.347. The highest BCUT2D eigenvalue weighted by molar-refractivity contribution is 5.94. The lowest BCUT2D eigenvalue weighted by Gasteiger charge is -2.13. The van der Waals surface area contributed by atoms with Gasteiger partial charge in [-0.2, -0.15) is 5.10 Å². The molecule has 0 aliphatic rings. The van der Waals surface area contributed by atoms with Gasteiger partial charge in [-0.1, -0.05) is 0 Å². The first-order valence-electron chi connectivity index (χ1n) is 8.86. The number of rotatable bonds is 4. The van der Waals surface area contributed by atoms with Crippen molar-refractivity contribution in [1.82, 2.24) is 18.9 Å². The third-order valence-electron chi connectivity index (χ3n) is 4.64. The predicted molar refractivity (Wildman–Crippen MR) is 102 cm³/mol. The zero-order valence-corrected chi connectivity index (χ0v) is 15.6. The molecule has 150 valence electrons. The maximum atomic E-state index is 13.2. The topological polar surface area (TPSA) is 54.0 Å². The van der Waals surface area contributed by atoms with E-state index in [0.29, 0.717) is 17.7 Å². The molecule has 0 unspecified atom stereocenters. The Bertz CT molecular complexity index is 1230. The highest BCUT2D eigenvalue weighted by Crippen LogP contribution is 2.29. The number of hydrogen-bond acceptors (Lipinski definition) is 3. The van der Waals surface area contributed by atoms with Crippen molar-refractivity contribution in [2.45, 2.75) is 19.8 Å². The highest BCUT2D eigenvalue weighted by Gasteiger charge is 2.31. The van der Waals surface area contributed by atoms with E-state index < -0.39 is 6.36 Å². The fourth-order valence-electron chi connectivity index (χ4n) is 3.35. The summed E-state index contributed by atoms with van der Waals surface area (Å²) in [4.78, 5) is 13.2. The van der Waals surface area contributed by atoms with Gasteiger partial charge in [0.1, 0.15) is 11.3 Å². The number of alkyl halides is 3. The Morgan fingerprint density at radius 3 is 2.41 bits per heavy atom. The van der Waals surface area contributed by atoms with Gasteiger partial charge in [-0.25, -0.2) is 0 Å². The molecule has 3 heterocycles. The van der Waals surface area contributed by atoms with E-state index in [0.717, 1.165) is 16.5 Å². The van der Waals surface area contributed by atoms with Crippen LogP contribution in [0.1, 0.15) is 6.92 Å². The van der Waals surface area contributed by atoms with Crippen LogP contribution in [0.25, 0.3) is 27.7 Å². The lowest BCUT2D eigenvalue weighted by atomic mass is 10.1. The van der Waals surface area contributed by atoms with E-state index in [1.54, 1.807) is 24.1 Å². The summed E-state index contributed by atoms with van der Waals surface area (Å²) >= 11 is 0. The summed E-state index contributed by atoms with van der Waals surface area (Å²) in [5.41, 5.74) is 2.32. The van der Waals surface area contributed by atoms with E-state index in [1.165, 1.54) is 28.8 Å². The van der Waals surface area contributed by atoms with Gasteiger partial charge in [0.15, 0.2) is 0 Å². The maximum Gasteiger partial charge on any atom is 0.573 e. The summed E-state index contributed by atoms with van der Waals surface area (Å²) in [6.45, 7) is 2.54. The molecule has 0 aliphatic carbocycles. The molecule has 9 heteroatoms. The van der Waals surface area contributed by atoms with Gasteiger partial charge in [0.05, 0.1) is 6.20 Å². The van der Waals surface area contributed by atoms with Crippen molar-refractivity contribution in [3.05, 3.63) is 65.5 Å². The van der Waals surface area contributed by atoms with Crippen LogP contribution in [0.2, 0.25) is 0 Å². The van der Waals surface area contributed by atoms with Crippen LogP contribution >= 0.6 is 0 Å². The predicted octanol–water partition coefficient (Wildman–Crippen LogP) is 4.11. The summed E-state index contributed by atoms with van der Waals surface area (Å²) in [6, 6.07) is 7.08. The van der Waals surface area contributed by atoms with Crippen molar-refractivity contribution >= 4 is 10.9 Å². The van der Waals surface area contributed by atoms with E-state index in [1.807, 2.05) is 30.0 Å². The number of halogens is 3. The van der Waals surface area contributed by atoms with E-state index in [4.69, 9.17) is 0 Å². The average molecular weight is 402 g/mol. The van der Waals surface area contributed by atoms with Crippen LogP contribution < -0.4 is 10.3 Å². The molecule has 0 bridgehead atoms. The number of aryl methyl sites for hydroxylation is 2. The van der Waals surface area contributed by atoms with Gasteiger partial charge in [0, 0.05) is 54.4 Å². The number of benzene rings is 1. The second-order valence-corrected chi connectivity index (χ2v) is 6.53. The van der Waals surface area contributed by atoms with Gasteiger partial charge in [-0.15, -0.1) is 13.2 Å². The molecule has 0 fully saturated rings. The largest absolute Gasteiger partial charge is 0.573 e. The van der Waals surface area contributed by atoms with Crippen molar-refractivity contribution in [3.63, 3.8) is 0 Å². The van der Waals surface area contributed by atoms with Gasteiger partial charge in [-0.3, -0.25) is 14.0 Å². The SMILES string of the molecule is CCn1ccc2c(-c3cnn(C)c3)cn(-c3ccc(OC(F)(F)F)cc3)c(=O)c21. The third kappa shape index (κ3) is 3.51. The highest BCUT2D eigenvalue weighted by atomic mass is 19.4. The fourth-order valence-corrected chi connectivity index (χ4v) is 3.35. The summed E-state index contributed by atoms with van der Waals surface area (Å²) in [5, 5.41) is 4.99. The molecule has 0 atom stereocenters. The van der Waals surface area contributed by atoms with Crippen LogP contribution in [-0.2, 0) is 13.6 Å². The van der Waals surface area contributed by atoms with E-state index in [9.17, 15) is 18.0 Å². The second kappa shape index (κ2) is 6.84. The Morgan fingerprint density at radius 2 is 1.83 bits per heavy atom. The molecule has 3 aromatic heterocycles. The number of ether oxygens (including phenoxy) is 1. The molecule has 4 aromatic rings. The van der Waals surface area contributed by atoms with Gasteiger partial charge >= 0.3 is 6.36 Å². The van der Waals surface area contributed by atoms with Crippen LogP contribution in [0.15, 0.2) is 59.9 Å². The van der Waals surface area contributed by atoms with Crippen LogP contribution in [0.5, 0.6) is 5.75 Å². The van der Waals surface area contributed by atoms with Crippen molar-refractivity contribution in [1.29, 1.82) is 0 Å². The normalized spacial score (nSPS) is 11.9. The van der Waals surface area contributed by atoms with Crippen LogP contribution in [0.4, 0.5) is 13.2 Å². The summed E-state index contributed by atoms with van der Waals surface area (Å²) < 4.78 is 46.1. The molecular formula is C20H17F3N4O2. The summed E-state index contributed by atoms with van der Waals surface area (Å²) in [6.07, 6.45) is 2.30. The minimum absolute atomic E-state index is 0.260. The van der Waals surface area contributed by atoms with Gasteiger partial charge in [0.25, 0.3) is 5.56 Å². The first-order chi connectivity index (χ1) is 13.8. The molecule has 0 amide bonds. The second-order valence-electron chi connectivity index (χ2n) is 6.53. The molecule has 1 aromatic carbocycles. The first-order valence-corrected chi connectivity index (χ1v) is 8.86. The quantitative estimate of drug-likeness (QED) is 0.516. The molecule has 29 heavy (non-hydrogen) atoms. The van der Waals surface area contributed by atoms with Gasteiger partial charge in [-0.05, 0) is 37.3 Å². The minimum Gasteiger partial charge on any atom is -0.406 e. The molecule has 0 N–H and O–H groups in total. The average Bonchev–Trinajstić information content (AvgIpc) is 3.28. The Hall–Kier alpha value is -3.49. The molecule has 0 saturated heterocycles. The van der Waals surface area contributed by atoms with E-state index in [2.05, 4.69) is 9.84 Å². The lowest BCUT2D eigenvalue weighted by molar-refractivity contribution is -0.274. The van der Waals surface area contributed by atoms with Crippen LogP contribution in [0, 0.1) is 0 Å². The lowest BCUT2D eigenvalue weighted by Crippen LogP contribution is -2.21. The molecule has 4 rings (SSSR count). The number of fused-ring (bicyclic) bond motifs is 1. The molecule has 0 saturated carbocycles. The van der Waals surface area contributed by atoms with Crippen LogP contribution in [-0.4, -0.2) is 25.3 Å². The third-order valence-corrected chi connectivity index (χ3v) is 4.64. The minimum atomic E-state index is -4.77. The molecular weight excluding hydrogens is 385 g/mol. The van der Waals surface area contributed by atoms with E-state index in [-0.39, 0.29) is 11.3 Å². The van der Waals surface area contributed by atoms with Crippen molar-refractivity contribution in [2.24, 2.45) is 7.05 Å². The Labute approximate surface area is 163 Å². The Kier molecular flexibility index (Phi) is 4.45. The number of pyridine rings is 1. The molecule has 0 aliphatic heterocycles. The van der Waals surface area contributed by atoms with Crippen molar-refractivity contribution < 1.29 is 17.9 Å². The van der Waals surface area contributed by atoms with Crippen molar-refractivity contribution in [2.75, 3.05) is 0 Å². The van der Waals surface area contributed by atoms with Crippen molar-refractivity contribution in [3.8, 4) is 22.6 Å². The Balaban J connectivity index is 1.90. The number of nitrogens with zero attached hydrogens (tertiary/aromatic N) is 4. The van der Waals surface area contributed by atoms with Gasteiger partial charge < -0.3 is 9.30 Å². The zero-order valence-electron chi connectivity index (χ0n) is 15.6. The first kappa shape index (κ1) is 18.9. The molecule has 0 radical (unpaired) electrons. The van der Waals surface area contributed by atoms with E-state index >= 15 is 0 Å². The number of hydrogen-bond donors (Lipinski definition) is 0. The molecule has 6 nitrogen and oxygen atoms in total. The maximum absolute atomic E-state index is 13.2. The fraction of sp³-hybridized carbons (Fsp3) is 0.200. The van der Waals surface area contributed by atoms with Crippen LogP contribution in [0.3, 0.4) is 0 Å². The smallest absolute Gasteiger partial charge is 0.406 e. The summed E-state index contributed by atoms with van der Waals surface area (Å²) in [7, 11) is 1.80. The Morgan fingerprint density at radius 1 is 1.10 bits per heavy atom. The molecule has 0 spiro atoms. The zero-order chi connectivity index (χ0) is 20.8. The monoisotopic (exact) mass is 402 g/mol. The van der Waals surface area contributed by atoms with Gasteiger partial charge in [0.2, 0.25) is 0 Å².